The summed E-state index contributed by atoms with van der Waals surface area (Å²) < 4.78 is 5.96. The number of benzene rings is 1. The molecule has 2 aromatic rings. The minimum atomic E-state index is -0.739. The summed E-state index contributed by atoms with van der Waals surface area (Å²) in [7, 11) is 1.28. The highest BCUT2D eigenvalue weighted by Crippen LogP contribution is 2.09. The van der Waals surface area contributed by atoms with Crippen LogP contribution in [-0.4, -0.2) is 34.6 Å². The topological polar surface area (TPSA) is 90.3 Å². The number of hydrogen-bond acceptors (Lipinski definition) is 5. The Balaban J connectivity index is 2.18. The molecule has 1 aromatic carbocycles. The van der Waals surface area contributed by atoms with Gasteiger partial charge in [-0.1, -0.05) is 32.4 Å². The van der Waals surface area contributed by atoms with E-state index >= 15 is 0 Å². The van der Waals surface area contributed by atoms with Gasteiger partial charge in [-0.3, -0.25) is 14.2 Å². The highest BCUT2D eigenvalue weighted by Gasteiger charge is 2.26. The average Bonchev–Trinajstić information content (AvgIpc) is 2.61. The molecule has 24 heavy (non-hydrogen) atoms. The summed E-state index contributed by atoms with van der Waals surface area (Å²) in [5, 5.41) is 3.08. The van der Waals surface area contributed by atoms with Gasteiger partial charge in [0, 0.05) is 0 Å². The molecular formula is C17H21N3O4. The van der Waals surface area contributed by atoms with E-state index in [9.17, 15) is 14.4 Å². The maximum Gasteiger partial charge on any atom is 0.328 e. The monoisotopic (exact) mass is 331 g/mol. The Morgan fingerprint density at radius 2 is 2.04 bits per heavy atom. The zero-order valence-corrected chi connectivity index (χ0v) is 14.0. The number of hydrogen-bond donors (Lipinski definition) is 1. The van der Waals surface area contributed by atoms with Gasteiger partial charge in [-0.15, -0.1) is 0 Å². The summed E-state index contributed by atoms with van der Waals surface area (Å²) in [6.45, 7) is 3.57. The first-order valence-electron chi connectivity index (χ1n) is 7.79. The average molecular weight is 331 g/mol. The molecule has 0 aliphatic heterocycles. The first-order valence-corrected chi connectivity index (χ1v) is 7.79. The van der Waals surface area contributed by atoms with Crippen molar-refractivity contribution in [2.24, 2.45) is 5.92 Å². The van der Waals surface area contributed by atoms with E-state index in [4.69, 9.17) is 4.74 Å². The third-order valence-corrected chi connectivity index (χ3v) is 4.03. The van der Waals surface area contributed by atoms with Crippen molar-refractivity contribution in [1.82, 2.24) is 14.9 Å². The Labute approximate surface area is 139 Å². The molecule has 1 amide bonds. The summed E-state index contributed by atoms with van der Waals surface area (Å²) in [4.78, 5) is 40.6. The largest absolute Gasteiger partial charge is 0.467 e. The van der Waals surface area contributed by atoms with Crippen molar-refractivity contribution in [3.8, 4) is 0 Å². The summed E-state index contributed by atoms with van der Waals surface area (Å²) >= 11 is 0. The van der Waals surface area contributed by atoms with E-state index < -0.39 is 17.9 Å². The van der Waals surface area contributed by atoms with Crippen molar-refractivity contribution < 1.29 is 14.3 Å². The lowest BCUT2D eigenvalue weighted by Gasteiger charge is -2.22. The minimum absolute atomic E-state index is 0.0761. The SMILES string of the molecule is CC[C@@H](C)[C@H](NC(=O)Cn1cnc2ccccc2c1=O)C(=O)OC. The van der Waals surface area contributed by atoms with Crippen LogP contribution in [-0.2, 0) is 20.9 Å². The van der Waals surface area contributed by atoms with Crippen LogP contribution >= 0.6 is 0 Å². The molecule has 0 radical (unpaired) electrons. The molecule has 0 bridgehead atoms. The van der Waals surface area contributed by atoms with Crippen LogP contribution in [0.25, 0.3) is 10.9 Å². The molecule has 1 N–H and O–H groups in total. The first-order chi connectivity index (χ1) is 11.5. The standard InChI is InChI=1S/C17H21N3O4/c1-4-11(2)15(17(23)24-3)19-14(21)9-20-10-18-13-8-6-5-7-12(13)16(20)22/h5-8,10-11,15H,4,9H2,1-3H3,(H,19,21)/t11-,15+/m1/s1. The molecule has 0 aliphatic carbocycles. The van der Waals surface area contributed by atoms with Crippen LogP contribution in [0.2, 0.25) is 0 Å². The number of carbonyl (C=O) groups is 2. The van der Waals surface area contributed by atoms with E-state index in [-0.39, 0.29) is 18.0 Å². The molecule has 128 valence electrons. The number of ether oxygens (including phenoxy) is 1. The number of rotatable bonds is 6. The summed E-state index contributed by atoms with van der Waals surface area (Å²) in [5.41, 5.74) is 0.278. The quantitative estimate of drug-likeness (QED) is 0.801. The van der Waals surface area contributed by atoms with Crippen molar-refractivity contribution in [2.75, 3.05) is 7.11 Å². The summed E-state index contributed by atoms with van der Waals surface area (Å²) in [6.07, 6.45) is 2.04. The second-order valence-electron chi connectivity index (χ2n) is 5.65. The smallest absolute Gasteiger partial charge is 0.328 e. The number of fused-ring (bicyclic) bond motifs is 1. The predicted octanol–water partition coefficient (Wildman–Crippen LogP) is 1.10. The predicted molar refractivity (Wildman–Crippen MR) is 89.4 cm³/mol. The van der Waals surface area contributed by atoms with Crippen LogP contribution in [0.3, 0.4) is 0 Å². The van der Waals surface area contributed by atoms with Crippen molar-refractivity contribution in [2.45, 2.75) is 32.9 Å². The second kappa shape index (κ2) is 7.72. The first kappa shape index (κ1) is 17.7. The highest BCUT2D eigenvalue weighted by atomic mass is 16.5. The molecule has 0 fully saturated rings. The molecule has 0 saturated heterocycles. The molecule has 7 nitrogen and oxygen atoms in total. The molecular weight excluding hydrogens is 310 g/mol. The number of aromatic nitrogens is 2. The lowest BCUT2D eigenvalue weighted by molar-refractivity contribution is -0.146. The van der Waals surface area contributed by atoms with Crippen molar-refractivity contribution >= 4 is 22.8 Å². The van der Waals surface area contributed by atoms with Gasteiger partial charge in [-0.05, 0) is 18.1 Å². The lowest BCUT2D eigenvalue weighted by atomic mass is 9.99. The zero-order valence-electron chi connectivity index (χ0n) is 14.0. The molecule has 0 aliphatic rings. The Kier molecular flexibility index (Phi) is 5.68. The normalized spacial score (nSPS) is 13.3. The molecule has 1 heterocycles. The molecule has 0 unspecified atom stereocenters. The molecule has 7 heteroatoms. The third kappa shape index (κ3) is 3.79. The minimum Gasteiger partial charge on any atom is -0.467 e. The fourth-order valence-electron chi connectivity index (χ4n) is 2.39. The van der Waals surface area contributed by atoms with Crippen molar-refractivity contribution in [3.05, 3.63) is 40.9 Å². The van der Waals surface area contributed by atoms with Crippen LogP contribution in [0.5, 0.6) is 0 Å². The number of amides is 1. The Morgan fingerprint density at radius 3 is 2.71 bits per heavy atom. The van der Waals surface area contributed by atoms with Gasteiger partial charge < -0.3 is 10.1 Å². The van der Waals surface area contributed by atoms with Gasteiger partial charge in [0.2, 0.25) is 5.91 Å². The van der Waals surface area contributed by atoms with Gasteiger partial charge in [0.05, 0.1) is 24.3 Å². The summed E-state index contributed by atoms with van der Waals surface area (Å²) in [6, 6.07) is 6.19. The van der Waals surface area contributed by atoms with E-state index in [1.807, 2.05) is 13.8 Å². The van der Waals surface area contributed by atoms with Gasteiger partial charge in [-0.25, -0.2) is 9.78 Å². The molecule has 2 atom stereocenters. The molecule has 0 saturated carbocycles. The number of methoxy groups -OCH3 is 1. The van der Waals surface area contributed by atoms with Crippen LogP contribution in [0.1, 0.15) is 20.3 Å². The number of nitrogens with zero attached hydrogens (tertiary/aromatic N) is 2. The van der Waals surface area contributed by atoms with E-state index in [0.717, 1.165) is 0 Å². The molecule has 0 spiro atoms. The zero-order chi connectivity index (χ0) is 17.7. The molecule has 1 aromatic heterocycles. The number of para-hydroxylation sites is 1. The fraction of sp³-hybridized carbons (Fsp3) is 0.412. The number of nitrogens with one attached hydrogen (secondary N) is 1. The Hall–Kier alpha value is -2.70. The second-order valence-corrected chi connectivity index (χ2v) is 5.65. The maximum atomic E-state index is 12.4. The van der Waals surface area contributed by atoms with Gasteiger partial charge in [0.25, 0.3) is 5.56 Å². The van der Waals surface area contributed by atoms with Crippen LogP contribution in [0.15, 0.2) is 35.4 Å². The number of esters is 1. The maximum absolute atomic E-state index is 12.4. The van der Waals surface area contributed by atoms with E-state index in [0.29, 0.717) is 17.3 Å². The van der Waals surface area contributed by atoms with Crippen LogP contribution in [0.4, 0.5) is 0 Å². The van der Waals surface area contributed by atoms with Crippen LogP contribution in [0, 0.1) is 5.92 Å². The van der Waals surface area contributed by atoms with Gasteiger partial charge >= 0.3 is 5.97 Å². The van der Waals surface area contributed by atoms with Gasteiger partial charge in [-0.2, -0.15) is 0 Å². The van der Waals surface area contributed by atoms with Crippen LogP contribution < -0.4 is 10.9 Å². The lowest BCUT2D eigenvalue weighted by Crippen LogP contribution is -2.47. The Morgan fingerprint density at radius 1 is 1.33 bits per heavy atom. The highest BCUT2D eigenvalue weighted by molar-refractivity contribution is 5.84. The van der Waals surface area contributed by atoms with E-state index in [2.05, 4.69) is 10.3 Å². The van der Waals surface area contributed by atoms with Crippen molar-refractivity contribution in [1.29, 1.82) is 0 Å². The Bertz CT molecular complexity index is 800. The van der Waals surface area contributed by atoms with Crippen molar-refractivity contribution in [3.63, 3.8) is 0 Å². The van der Waals surface area contributed by atoms with Gasteiger partial charge in [0.15, 0.2) is 0 Å². The van der Waals surface area contributed by atoms with E-state index in [1.165, 1.54) is 18.0 Å². The number of carbonyl (C=O) groups excluding carboxylic acids is 2. The molecule has 2 rings (SSSR count). The third-order valence-electron chi connectivity index (χ3n) is 4.03. The fourth-order valence-corrected chi connectivity index (χ4v) is 2.39. The summed E-state index contributed by atoms with van der Waals surface area (Å²) in [5.74, 6) is -1.01. The van der Waals surface area contributed by atoms with E-state index in [1.54, 1.807) is 24.3 Å². The van der Waals surface area contributed by atoms with Gasteiger partial charge in [0.1, 0.15) is 12.6 Å².